The maximum absolute atomic E-state index is 13.5. The van der Waals surface area contributed by atoms with Gasteiger partial charge in [-0.1, -0.05) is 35.8 Å². The largest absolute Gasteiger partial charge is 0.398 e. The molecule has 5 rings (SSSR count). The van der Waals surface area contributed by atoms with Gasteiger partial charge in [0.1, 0.15) is 5.82 Å². The summed E-state index contributed by atoms with van der Waals surface area (Å²) < 4.78 is 7.04. The summed E-state index contributed by atoms with van der Waals surface area (Å²) in [5.41, 5.74) is 8.16. The number of nitrogens with one attached hydrogen (secondary N) is 1. The van der Waals surface area contributed by atoms with Crippen LogP contribution < -0.4 is 16.6 Å². The van der Waals surface area contributed by atoms with Crippen molar-refractivity contribution < 1.29 is 4.52 Å². The van der Waals surface area contributed by atoms with Crippen molar-refractivity contribution in [2.75, 3.05) is 11.1 Å². The van der Waals surface area contributed by atoms with Crippen molar-refractivity contribution in [2.45, 2.75) is 45.2 Å². The molecule has 4 aromatic rings. The van der Waals surface area contributed by atoms with E-state index >= 15 is 0 Å². The summed E-state index contributed by atoms with van der Waals surface area (Å²) in [5, 5.41) is 9.36. The molecule has 0 spiro atoms. The van der Waals surface area contributed by atoms with E-state index in [0.717, 1.165) is 30.3 Å². The monoisotopic (exact) mass is 450 g/mol. The average molecular weight is 451 g/mol. The van der Waals surface area contributed by atoms with Crippen molar-refractivity contribution in [3.63, 3.8) is 0 Å². The Balaban J connectivity index is 1.64. The Morgan fingerprint density at radius 1 is 1.34 bits per heavy atom. The maximum atomic E-state index is 13.5. The first-order valence-corrected chi connectivity index (χ1v) is 11.0. The van der Waals surface area contributed by atoms with Crippen LogP contribution >= 0.6 is 11.6 Å². The lowest BCUT2D eigenvalue weighted by Gasteiger charge is -2.24. The summed E-state index contributed by atoms with van der Waals surface area (Å²) in [4.78, 5) is 22.3. The molecule has 32 heavy (non-hydrogen) atoms. The van der Waals surface area contributed by atoms with E-state index in [9.17, 15) is 4.79 Å². The van der Waals surface area contributed by atoms with Gasteiger partial charge in [0.15, 0.2) is 0 Å². The normalized spacial score (nSPS) is 14.6. The first-order valence-electron chi connectivity index (χ1n) is 10.6. The molecule has 1 aliphatic carbocycles. The molecule has 9 heteroatoms. The molecule has 8 nitrogen and oxygen atoms in total. The molecule has 0 saturated heterocycles. The molecule has 3 N–H and O–H groups in total. The van der Waals surface area contributed by atoms with Gasteiger partial charge >= 0.3 is 0 Å². The van der Waals surface area contributed by atoms with Gasteiger partial charge in [0.2, 0.25) is 11.7 Å². The molecule has 1 atom stereocenters. The van der Waals surface area contributed by atoms with Crippen LogP contribution in [0.2, 0.25) is 5.02 Å². The summed E-state index contributed by atoms with van der Waals surface area (Å²) in [6.45, 7) is 3.78. The molecule has 1 fully saturated rings. The number of aryl methyl sites for hydroxylation is 1. The number of rotatable bonds is 6. The van der Waals surface area contributed by atoms with Crippen molar-refractivity contribution in [1.82, 2.24) is 19.7 Å². The van der Waals surface area contributed by atoms with Crippen LogP contribution in [0.5, 0.6) is 0 Å². The number of hydrogen-bond acceptors (Lipinski definition) is 7. The number of anilines is 2. The minimum atomic E-state index is -0.187. The van der Waals surface area contributed by atoms with E-state index in [-0.39, 0.29) is 17.6 Å². The van der Waals surface area contributed by atoms with Crippen molar-refractivity contribution >= 4 is 33.9 Å². The minimum absolute atomic E-state index is 0.0552. The molecular formula is C23H23ClN6O2. The van der Waals surface area contributed by atoms with Crippen LogP contribution in [-0.2, 0) is 0 Å². The van der Waals surface area contributed by atoms with E-state index in [0.29, 0.717) is 39.2 Å². The highest BCUT2D eigenvalue weighted by molar-refractivity contribution is 6.35. The molecule has 164 valence electrons. The van der Waals surface area contributed by atoms with Gasteiger partial charge in [-0.25, -0.2) is 4.98 Å². The van der Waals surface area contributed by atoms with Gasteiger partial charge in [0.25, 0.3) is 5.56 Å². The Hall–Kier alpha value is -3.39. The highest BCUT2D eigenvalue weighted by Gasteiger charge is 2.30. The van der Waals surface area contributed by atoms with Crippen LogP contribution in [0.1, 0.15) is 49.9 Å². The van der Waals surface area contributed by atoms with Gasteiger partial charge in [0.05, 0.1) is 22.0 Å². The molecule has 1 aliphatic rings. The van der Waals surface area contributed by atoms with E-state index < -0.39 is 0 Å². The summed E-state index contributed by atoms with van der Waals surface area (Å²) in [6, 6.07) is 9.28. The highest BCUT2D eigenvalue weighted by atomic mass is 35.5. The Kier molecular flexibility index (Phi) is 5.09. The number of nitrogens with two attached hydrogens (primary N) is 1. The van der Waals surface area contributed by atoms with Gasteiger partial charge in [-0.2, -0.15) is 4.98 Å². The lowest BCUT2D eigenvalue weighted by molar-refractivity contribution is 0.394. The molecule has 0 radical (unpaired) electrons. The number of nitrogens with zero attached hydrogens (tertiary/aromatic N) is 4. The molecule has 1 saturated carbocycles. The lowest BCUT2D eigenvalue weighted by Crippen LogP contribution is -2.27. The molecular weight excluding hydrogens is 428 g/mol. The average Bonchev–Trinajstić information content (AvgIpc) is 3.51. The Bertz CT molecular complexity index is 1370. The lowest BCUT2D eigenvalue weighted by atomic mass is 10.0. The van der Waals surface area contributed by atoms with Gasteiger partial charge < -0.3 is 20.1 Å². The fourth-order valence-corrected chi connectivity index (χ4v) is 4.37. The summed E-state index contributed by atoms with van der Waals surface area (Å²) in [5.74, 6) is 1.35. The zero-order valence-corrected chi connectivity index (χ0v) is 18.6. The summed E-state index contributed by atoms with van der Waals surface area (Å²) in [6.07, 6.45) is 4.31. The van der Waals surface area contributed by atoms with Crippen LogP contribution in [-0.4, -0.2) is 19.7 Å². The first-order chi connectivity index (χ1) is 15.5. The molecule has 3 heterocycles. The standard InChI is InChI=1S/C23H23ClN6O2/c1-3-17(28-21-20(16(25)9-10-26-21)22-27-12(2)32-29-22)18-11-13-5-4-6-15(24)19(13)23(31)30(18)14-7-8-14/h4-6,9-11,14,17H,3,7-8H2,1-2H3,(H3,25,26,28)/t17-/m0/s1. The minimum Gasteiger partial charge on any atom is -0.398 e. The molecule has 0 unspecified atom stereocenters. The van der Waals surface area contributed by atoms with Gasteiger partial charge in [0, 0.05) is 30.5 Å². The Morgan fingerprint density at radius 2 is 2.16 bits per heavy atom. The number of fused-ring (bicyclic) bond motifs is 1. The number of halogens is 1. The van der Waals surface area contributed by atoms with Crippen molar-refractivity contribution in [2.24, 2.45) is 0 Å². The fraction of sp³-hybridized carbons (Fsp3) is 0.304. The van der Waals surface area contributed by atoms with Crippen molar-refractivity contribution in [3.05, 3.63) is 63.5 Å². The molecule has 1 aromatic carbocycles. The third-order valence-electron chi connectivity index (χ3n) is 5.78. The summed E-state index contributed by atoms with van der Waals surface area (Å²) in [7, 11) is 0. The number of hydrogen-bond donors (Lipinski definition) is 2. The third-order valence-corrected chi connectivity index (χ3v) is 6.10. The summed E-state index contributed by atoms with van der Waals surface area (Å²) >= 11 is 6.39. The Labute approximate surface area is 189 Å². The first kappa shape index (κ1) is 20.5. The van der Waals surface area contributed by atoms with Crippen LogP contribution in [0, 0.1) is 6.92 Å². The zero-order valence-electron chi connectivity index (χ0n) is 17.8. The van der Waals surface area contributed by atoms with E-state index in [2.05, 4.69) is 27.4 Å². The van der Waals surface area contributed by atoms with E-state index in [1.165, 1.54) is 0 Å². The smallest absolute Gasteiger partial charge is 0.260 e. The second-order valence-corrected chi connectivity index (χ2v) is 8.45. The van der Waals surface area contributed by atoms with E-state index in [4.69, 9.17) is 21.9 Å². The van der Waals surface area contributed by atoms with Crippen LogP contribution in [0.25, 0.3) is 22.2 Å². The van der Waals surface area contributed by atoms with Gasteiger partial charge in [-0.15, -0.1) is 0 Å². The predicted octanol–water partition coefficient (Wildman–Crippen LogP) is 4.89. The SMILES string of the molecule is CC[C@H](Nc1nccc(N)c1-c1noc(C)n1)c1cc2cccc(Cl)c2c(=O)n1C1CC1. The molecule has 0 amide bonds. The zero-order chi connectivity index (χ0) is 22.4. The van der Waals surface area contributed by atoms with Crippen LogP contribution in [0.3, 0.4) is 0 Å². The van der Waals surface area contributed by atoms with Gasteiger partial charge in [-0.3, -0.25) is 4.79 Å². The number of pyridine rings is 2. The second-order valence-electron chi connectivity index (χ2n) is 8.05. The van der Waals surface area contributed by atoms with Gasteiger partial charge in [-0.05, 0) is 42.8 Å². The van der Waals surface area contributed by atoms with Crippen LogP contribution in [0.15, 0.2) is 45.8 Å². The number of nitrogen functional groups attached to an aromatic ring is 1. The van der Waals surface area contributed by atoms with Crippen molar-refractivity contribution in [3.8, 4) is 11.4 Å². The predicted molar refractivity (Wildman–Crippen MR) is 125 cm³/mol. The van der Waals surface area contributed by atoms with Crippen LogP contribution in [0.4, 0.5) is 11.5 Å². The topological polar surface area (TPSA) is 112 Å². The third kappa shape index (κ3) is 3.50. The van der Waals surface area contributed by atoms with E-state index in [1.807, 2.05) is 22.8 Å². The number of aromatic nitrogens is 4. The number of benzene rings is 1. The maximum Gasteiger partial charge on any atom is 0.260 e. The quantitative estimate of drug-likeness (QED) is 0.430. The Morgan fingerprint density at radius 3 is 2.84 bits per heavy atom. The molecule has 0 aliphatic heterocycles. The fourth-order valence-electron chi connectivity index (χ4n) is 4.10. The molecule has 3 aromatic heterocycles. The molecule has 0 bridgehead atoms. The highest BCUT2D eigenvalue weighted by Crippen LogP contribution is 2.39. The van der Waals surface area contributed by atoms with Crippen molar-refractivity contribution in [1.29, 1.82) is 0 Å². The van der Waals surface area contributed by atoms with E-state index in [1.54, 1.807) is 25.3 Å². The second kappa shape index (κ2) is 7.94.